The van der Waals surface area contributed by atoms with E-state index in [4.69, 9.17) is 22.1 Å². The van der Waals surface area contributed by atoms with Crippen molar-refractivity contribution in [3.05, 3.63) is 28.8 Å². The summed E-state index contributed by atoms with van der Waals surface area (Å²) in [6.07, 6.45) is 1.03. The highest BCUT2D eigenvalue weighted by molar-refractivity contribution is 6.30. The van der Waals surface area contributed by atoms with Crippen molar-refractivity contribution in [1.29, 1.82) is 0 Å². The lowest BCUT2D eigenvalue weighted by Crippen LogP contribution is -2.27. The largest absolute Gasteiger partial charge is 0.496 e. The normalized spacial score (nSPS) is 9.50. The van der Waals surface area contributed by atoms with Crippen LogP contribution in [0.3, 0.4) is 0 Å². The van der Waals surface area contributed by atoms with Gasteiger partial charge in [-0.3, -0.25) is 4.79 Å². The first kappa shape index (κ1) is 17.0. The Morgan fingerprint density at radius 3 is 2.83 bits per heavy atom. The molecule has 0 aromatic heterocycles. The van der Waals surface area contributed by atoms with Crippen molar-refractivity contribution in [1.82, 2.24) is 5.32 Å². The second-order valence-corrected chi connectivity index (χ2v) is 4.06. The Kier molecular flexibility index (Phi) is 8.54. The summed E-state index contributed by atoms with van der Waals surface area (Å²) >= 11 is 5.88. The van der Waals surface area contributed by atoms with E-state index in [0.29, 0.717) is 23.9 Å². The number of nitrogens with one attached hydrogen (secondary N) is 1. The molecule has 0 radical (unpaired) electrons. The Morgan fingerprint density at radius 2 is 2.22 bits per heavy atom. The first-order chi connectivity index (χ1) is 8.17. The van der Waals surface area contributed by atoms with Crippen LogP contribution in [-0.2, 0) is 11.2 Å². The molecule has 0 saturated heterocycles. The molecule has 4 nitrogen and oxygen atoms in total. The molecule has 1 aromatic rings. The summed E-state index contributed by atoms with van der Waals surface area (Å²) in [6.45, 7) is 1.17. The molecule has 1 aromatic carbocycles. The van der Waals surface area contributed by atoms with Gasteiger partial charge in [0, 0.05) is 17.1 Å². The number of methoxy groups -OCH3 is 1. The molecule has 18 heavy (non-hydrogen) atoms. The van der Waals surface area contributed by atoms with Crippen LogP contribution in [-0.4, -0.2) is 26.1 Å². The van der Waals surface area contributed by atoms with E-state index in [-0.39, 0.29) is 24.7 Å². The Balaban J connectivity index is 0.00000289. The maximum absolute atomic E-state index is 11.6. The molecule has 0 unspecified atom stereocenters. The van der Waals surface area contributed by atoms with Gasteiger partial charge in [-0.25, -0.2) is 0 Å². The van der Waals surface area contributed by atoms with E-state index < -0.39 is 0 Å². The lowest BCUT2D eigenvalue weighted by atomic mass is 10.1. The zero-order valence-electron chi connectivity index (χ0n) is 10.2. The molecule has 0 fully saturated rings. The van der Waals surface area contributed by atoms with Gasteiger partial charge in [-0.15, -0.1) is 12.4 Å². The summed E-state index contributed by atoms with van der Waals surface area (Å²) in [6, 6.07) is 5.23. The molecule has 3 N–H and O–H groups in total. The van der Waals surface area contributed by atoms with Gasteiger partial charge in [0.2, 0.25) is 5.91 Å². The zero-order valence-corrected chi connectivity index (χ0v) is 11.8. The van der Waals surface area contributed by atoms with Gasteiger partial charge in [-0.1, -0.05) is 11.6 Å². The Morgan fingerprint density at radius 1 is 1.50 bits per heavy atom. The van der Waals surface area contributed by atoms with E-state index in [0.717, 1.165) is 12.0 Å². The fraction of sp³-hybridized carbons (Fsp3) is 0.417. The molecular formula is C12H18Cl2N2O2. The fourth-order valence-corrected chi connectivity index (χ4v) is 1.65. The van der Waals surface area contributed by atoms with Crippen LogP contribution in [0.25, 0.3) is 0 Å². The third-order valence-electron chi connectivity index (χ3n) is 2.30. The van der Waals surface area contributed by atoms with E-state index >= 15 is 0 Å². The van der Waals surface area contributed by atoms with Gasteiger partial charge in [-0.2, -0.15) is 0 Å². The number of amides is 1. The maximum Gasteiger partial charge on any atom is 0.224 e. The van der Waals surface area contributed by atoms with Gasteiger partial charge >= 0.3 is 0 Å². The van der Waals surface area contributed by atoms with Gasteiger partial charge in [0.1, 0.15) is 5.75 Å². The number of benzene rings is 1. The SMILES string of the molecule is COc1ccc(Cl)cc1CC(=O)NCCCN.Cl. The summed E-state index contributed by atoms with van der Waals surface area (Å²) in [5.41, 5.74) is 6.13. The second-order valence-electron chi connectivity index (χ2n) is 3.63. The molecule has 6 heteroatoms. The molecule has 0 atom stereocenters. The van der Waals surface area contributed by atoms with Crippen molar-refractivity contribution in [3.63, 3.8) is 0 Å². The average Bonchev–Trinajstić information content (AvgIpc) is 2.29. The maximum atomic E-state index is 11.6. The van der Waals surface area contributed by atoms with Gasteiger partial charge in [0.15, 0.2) is 0 Å². The topological polar surface area (TPSA) is 64.3 Å². The molecule has 0 aliphatic carbocycles. The minimum atomic E-state index is -0.0565. The van der Waals surface area contributed by atoms with Crippen LogP contribution in [0.4, 0.5) is 0 Å². The van der Waals surface area contributed by atoms with E-state index in [1.807, 2.05) is 0 Å². The number of hydrogen-bond acceptors (Lipinski definition) is 3. The molecular weight excluding hydrogens is 275 g/mol. The molecule has 0 bridgehead atoms. The predicted octanol–water partition coefficient (Wildman–Crippen LogP) is 1.78. The van der Waals surface area contributed by atoms with Crippen LogP contribution in [0.15, 0.2) is 18.2 Å². The van der Waals surface area contributed by atoms with E-state index in [1.54, 1.807) is 25.3 Å². The van der Waals surface area contributed by atoms with Gasteiger partial charge in [-0.05, 0) is 31.2 Å². The van der Waals surface area contributed by atoms with Crippen molar-refractivity contribution in [2.45, 2.75) is 12.8 Å². The summed E-state index contributed by atoms with van der Waals surface area (Å²) in [5.74, 6) is 0.613. The Labute approximate surface area is 118 Å². The first-order valence-electron chi connectivity index (χ1n) is 5.46. The number of carbonyl (C=O) groups is 1. The second kappa shape index (κ2) is 9.03. The third-order valence-corrected chi connectivity index (χ3v) is 2.53. The van der Waals surface area contributed by atoms with E-state index in [9.17, 15) is 4.79 Å². The highest BCUT2D eigenvalue weighted by Gasteiger charge is 2.08. The van der Waals surface area contributed by atoms with Gasteiger partial charge in [0.05, 0.1) is 13.5 Å². The summed E-state index contributed by atoms with van der Waals surface area (Å²) in [5, 5.41) is 3.38. The number of ether oxygens (including phenoxy) is 1. The molecule has 0 saturated carbocycles. The van der Waals surface area contributed by atoms with Crippen molar-refractivity contribution in [3.8, 4) is 5.75 Å². The Hall–Kier alpha value is -0.970. The summed E-state index contributed by atoms with van der Waals surface area (Å²) < 4.78 is 5.17. The fourth-order valence-electron chi connectivity index (χ4n) is 1.45. The van der Waals surface area contributed by atoms with Gasteiger partial charge < -0.3 is 15.8 Å². The molecule has 102 valence electrons. The monoisotopic (exact) mass is 292 g/mol. The standard InChI is InChI=1S/C12H17ClN2O2.ClH/c1-17-11-4-3-10(13)7-9(11)8-12(16)15-6-2-5-14;/h3-4,7H,2,5-6,8,14H2,1H3,(H,15,16);1H. The summed E-state index contributed by atoms with van der Waals surface area (Å²) in [4.78, 5) is 11.6. The smallest absolute Gasteiger partial charge is 0.224 e. The number of rotatable bonds is 6. The highest BCUT2D eigenvalue weighted by Crippen LogP contribution is 2.22. The van der Waals surface area contributed by atoms with Crippen molar-refractivity contribution in [2.24, 2.45) is 5.73 Å². The molecule has 1 amide bonds. The minimum Gasteiger partial charge on any atom is -0.496 e. The quantitative estimate of drug-likeness (QED) is 0.786. The lowest BCUT2D eigenvalue weighted by Gasteiger charge is -2.09. The van der Waals surface area contributed by atoms with Crippen molar-refractivity contribution >= 4 is 29.9 Å². The molecule has 0 heterocycles. The molecule has 0 aliphatic heterocycles. The number of carbonyl (C=O) groups excluding carboxylic acids is 1. The van der Waals surface area contributed by atoms with Crippen LogP contribution in [0.2, 0.25) is 5.02 Å². The van der Waals surface area contributed by atoms with Crippen LogP contribution in [0.5, 0.6) is 5.75 Å². The average molecular weight is 293 g/mol. The predicted molar refractivity (Wildman–Crippen MR) is 75.6 cm³/mol. The third kappa shape index (κ3) is 5.58. The number of hydrogen-bond donors (Lipinski definition) is 2. The van der Waals surface area contributed by atoms with Crippen molar-refractivity contribution in [2.75, 3.05) is 20.2 Å². The van der Waals surface area contributed by atoms with E-state index in [2.05, 4.69) is 5.32 Å². The number of halogens is 2. The van der Waals surface area contributed by atoms with Crippen molar-refractivity contribution < 1.29 is 9.53 Å². The van der Waals surface area contributed by atoms with E-state index in [1.165, 1.54) is 0 Å². The lowest BCUT2D eigenvalue weighted by molar-refractivity contribution is -0.120. The van der Waals surface area contributed by atoms with Crippen LogP contribution < -0.4 is 15.8 Å². The first-order valence-corrected chi connectivity index (χ1v) is 5.84. The van der Waals surface area contributed by atoms with Crippen LogP contribution >= 0.6 is 24.0 Å². The molecule has 1 rings (SSSR count). The highest BCUT2D eigenvalue weighted by atomic mass is 35.5. The number of nitrogens with two attached hydrogens (primary N) is 1. The van der Waals surface area contributed by atoms with Crippen LogP contribution in [0.1, 0.15) is 12.0 Å². The minimum absolute atomic E-state index is 0. The summed E-state index contributed by atoms with van der Waals surface area (Å²) in [7, 11) is 1.57. The van der Waals surface area contributed by atoms with Gasteiger partial charge in [0.25, 0.3) is 0 Å². The molecule has 0 aliphatic rings. The molecule has 0 spiro atoms. The van der Waals surface area contributed by atoms with Crippen LogP contribution in [0, 0.1) is 0 Å². The zero-order chi connectivity index (χ0) is 12.7. The Bertz CT molecular complexity index is 386.